The average molecular weight is 353 g/mol. The summed E-state index contributed by atoms with van der Waals surface area (Å²) in [5, 5.41) is 1.78. The van der Waals surface area contributed by atoms with Gasteiger partial charge >= 0.3 is 0 Å². The van der Waals surface area contributed by atoms with Crippen LogP contribution in [0.5, 0.6) is 0 Å². The lowest BCUT2D eigenvalue weighted by Gasteiger charge is -2.41. The normalized spacial score (nSPS) is 25.2. The summed E-state index contributed by atoms with van der Waals surface area (Å²) in [6, 6.07) is 1.81. The number of sulfonamides is 1. The number of thiophene rings is 1. The van der Waals surface area contributed by atoms with E-state index in [0.717, 1.165) is 0 Å². The third-order valence-electron chi connectivity index (χ3n) is 3.44. The molecule has 0 saturated carbocycles. The first-order valence-electron chi connectivity index (χ1n) is 5.74. The SMILES string of the molecule is CC1(C)CN(S(=O)(=O)c2sccc2Br)CCC1N. The second-order valence-electron chi connectivity index (χ2n) is 5.28. The molecule has 1 aromatic heterocycles. The summed E-state index contributed by atoms with van der Waals surface area (Å²) < 4.78 is 27.6. The van der Waals surface area contributed by atoms with Crippen LogP contribution in [0.3, 0.4) is 0 Å². The van der Waals surface area contributed by atoms with Crippen molar-refractivity contribution in [3.8, 4) is 0 Å². The van der Waals surface area contributed by atoms with Crippen LogP contribution >= 0.6 is 27.3 Å². The number of nitrogens with two attached hydrogens (primary N) is 1. The molecule has 18 heavy (non-hydrogen) atoms. The largest absolute Gasteiger partial charge is 0.327 e. The van der Waals surface area contributed by atoms with Gasteiger partial charge in [-0.15, -0.1) is 11.3 Å². The van der Waals surface area contributed by atoms with E-state index >= 15 is 0 Å². The Balaban J connectivity index is 2.30. The molecule has 1 saturated heterocycles. The van der Waals surface area contributed by atoms with Gasteiger partial charge in [0, 0.05) is 23.6 Å². The molecule has 1 aliphatic heterocycles. The highest BCUT2D eigenvalue weighted by Crippen LogP contribution is 2.35. The van der Waals surface area contributed by atoms with Gasteiger partial charge in [0.15, 0.2) is 0 Å². The Hall–Kier alpha value is 0.0500. The molecule has 7 heteroatoms. The van der Waals surface area contributed by atoms with Crippen LogP contribution < -0.4 is 5.73 Å². The molecule has 0 amide bonds. The van der Waals surface area contributed by atoms with Gasteiger partial charge in [0.05, 0.1) is 0 Å². The van der Waals surface area contributed by atoms with Crippen LogP contribution in [0.15, 0.2) is 20.1 Å². The molecule has 1 aromatic rings. The lowest BCUT2D eigenvalue weighted by molar-refractivity contribution is 0.155. The minimum atomic E-state index is -3.39. The monoisotopic (exact) mass is 352 g/mol. The van der Waals surface area contributed by atoms with E-state index < -0.39 is 10.0 Å². The molecule has 4 nitrogen and oxygen atoms in total. The topological polar surface area (TPSA) is 63.4 Å². The van der Waals surface area contributed by atoms with Crippen LogP contribution in [0.4, 0.5) is 0 Å². The zero-order valence-electron chi connectivity index (χ0n) is 10.4. The second kappa shape index (κ2) is 4.86. The standard InChI is InChI=1S/C11H17BrN2O2S2/c1-11(2)7-14(5-3-9(11)13)18(15,16)10-8(12)4-6-17-10/h4,6,9H,3,5,7,13H2,1-2H3. The first kappa shape index (κ1) is 14.5. The summed E-state index contributed by atoms with van der Waals surface area (Å²) in [4.78, 5) is 0. The van der Waals surface area contributed by atoms with Crippen molar-refractivity contribution in [3.05, 3.63) is 15.9 Å². The van der Waals surface area contributed by atoms with Gasteiger partial charge in [0.2, 0.25) is 0 Å². The molecule has 0 aromatic carbocycles. The van der Waals surface area contributed by atoms with Gasteiger partial charge in [0.25, 0.3) is 10.0 Å². The van der Waals surface area contributed by atoms with Crippen LogP contribution in [-0.2, 0) is 10.0 Å². The van der Waals surface area contributed by atoms with Gasteiger partial charge in [0.1, 0.15) is 4.21 Å². The lowest BCUT2D eigenvalue weighted by atomic mass is 9.81. The molecule has 1 unspecified atom stereocenters. The van der Waals surface area contributed by atoms with Crippen molar-refractivity contribution < 1.29 is 8.42 Å². The number of hydrogen-bond donors (Lipinski definition) is 1. The molecule has 1 aliphatic rings. The highest BCUT2D eigenvalue weighted by Gasteiger charge is 2.39. The molecule has 2 N–H and O–H groups in total. The Kier molecular flexibility index (Phi) is 3.91. The molecular formula is C11H17BrN2O2S2. The molecule has 0 aliphatic carbocycles. The Bertz CT molecular complexity index is 539. The van der Waals surface area contributed by atoms with E-state index in [0.29, 0.717) is 28.2 Å². The van der Waals surface area contributed by atoms with Gasteiger partial charge in [-0.3, -0.25) is 0 Å². The molecule has 0 spiro atoms. The van der Waals surface area contributed by atoms with Gasteiger partial charge in [-0.25, -0.2) is 8.42 Å². The first-order chi connectivity index (χ1) is 8.25. The first-order valence-corrected chi connectivity index (χ1v) is 8.85. The van der Waals surface area contributed by atoms with Crippen molar-refractivity contribution in [1.29, 1.82) is 0 Å². The van der Waals surface area contributed by atoms with E-state index in [1.54, 1.807) is 15.8 Å². The van der Waals surface area contributed by atoms with E-state index in [9.17, 15) is 8.42 Å². The fourth-order valence-electron chi connectivity index (χ4n) is 2.11. The van der Waals surface area contributed by atoms with Crippen molar-refractivity contribution in [3.63, 3.8) is 0 Å². The minimum absolute atomic E-state index is 0.0516. The van der Waals surface area contributed by atoms with Crippen LogP contribution in [0.2, 0.25) is 0 Å². The number of nitrogens with zero attached hydrogens (tertiary/aromatic N) is 1. The average Bonchev–Trinajstić information content (AvgIpc) is 2.69. The Morgan fingerprint density at radius 1 is 1.56 bits per heavy atom. The fraction of sp³-hybridized carbons (Fsp3) is 0.636. The summed E-state index contributed by atoms with van der Waals surface area (Å²) in [6.45, 7) is 5.00. The molecule has 0 bridgehead atoms. The van der Waals surface area contributed by atoms with Crippen molar-refractivity contribution in [2.75, 3.05) is 13.1 Å². The quantitative estimate of drug-likeness (QED) is 0.887. The number of hydrogen-bond acceptors (Lipinski definition) is 4. The van der Waals surface area contributed by atoms with Crippen molar-refractivity contribution >= 4 is 37.3 Å². The van der Waals surface area contributed by atoms with Crippen molar-refractivity contribution in [2.24, 2.45) is 11.1 Å². The molecule has 1 fully saturated rings. The van der Waals surface area contributed by atoms with Gasteiger partial charge in [-0.2, -0.15) is 4.31 Å². The molecule has 1 atom stereocenters. The third kappa shape index (κ3) is 2.51. The smallest absolute Gasteiger partial charge is 0.253 e. The maximum atomic E-state index is 12.5. The second-order valence-corrected chi connectivity index (χ2v) is 9.18. The number of rotatable bonds is 2. The van der Waals surface area contributed by atoms with E-state index in [1.165, 1.54) is 11.3 Å². The summed E-state index contributed by atoms with van der Waals surface area (Å²) >= 11 is 4.53. The highest BCUT2D eigenvalue weighted by molar-refractivity contribution is 9.10. The highest BCUT2D eigenvalue weighted by atomic mass is 79.9. The maximum Gasteiger partial charge on any atom is 0.253 e. The van der Waals surface area contributed by atoms with E-state index in [2.05, 4.69) is 15.9 Å². The number of piperidine rings is 1. The zero-order valence-corrected chi connectivity index (χ0v) is 13.6. The van der Waals surface area contributed by atoms with Crippen LogP contribution in [-0.4, -0.2) is 31.9 Å². The predicted molar refractivity (Wildman–Crippen MR) is 77.2 cm³/mol. The third-order valence-corrected chi connectivity index (χ3v) is 7.93. The Morgan fingerprint density at radius 2 is 2.22 bits per heavy atom. The summed E-state index contributed by atoms with van der Waals surface area (Å²) in [5.74, 6) is 0. The zero-order chi connectivity index (χ0) is 13.6. The molecule has 2 rings (SSSR count). The van der Waals surface area contributed by atoms with Gasteiger partial charge < -0.3 is 5.73 Å². The Labute approximate surface area is 120 Å². The van der Waals surface area contributed by atoms with Crippen molar-refractivity contribution in [1.82, 2.24) is 4.31 Å². The van der Waals surface area contributed by atoms with Gasteiger partial charge in [-0.1, -0.05) is 13.8 Å². The van der Waals surface area contributed by atoms with E-state index in [-0.39, 0.29) is 11.5 Å². The minimum Gasteiger partial charge on any atom is -0.327 e. The van der Waals surface area contributed by atoms with Crippen LogP contribution in [0, 0.1) is 5.41 Å². The van der Waals surface area contributed by atoms with Crippen molar-refractivity contribution in [2.45, 2.75) is 30.5 Å². The fourth-order valence-corrected chi connectivity index (χ4v) is 6.19. The van der Waals surface area contributed by atoms with Crippen LogP contribution in [0.1, 0.15) is 20.3 Å². The molecule has 0 radical (unpaired) electrons. The molecule has 102 valence electrons. The lowest BCUT2D eigenvalue weighted by Crippen LogP contribution is -2.53. The molecular weight excluding hydrogens is 336 g/mol. The summed E-state index contributed by atoms with van der Waals surface area (Å²) in [7, 11) is -3.39. The summed E-state index contributed by atoms with van der Waals surface area (Å²) in [6.07, 6.45) is 0.704. The number of halogens is 1. The predicted octanol–water partition coefficient (Wildman–Crippen LogP) is 2.26. The maximum absolute atomic E-state index is 12.5. The van der Waals surface area contributed by atoms with E-state index in [4.69, 9.17) is 5.73 Å². The molecule has 2 heterocycles. The van der Waals surface area contributed by atoms with Crippen LogP contribution in [0.25, 0.3) is 0 Å². The Morgan fingerprint density at radius 3 is 2.72 bits per heavy atom. The summed E-state index contributed by atoms with van der Waals surface area (Å²) in [5.41, 5.74) is 5.85. The van der Waals surface area contributed by atoms with Gasteiger partial charge in [-0.05, 0) is 39.2 Å². The van der Waals surface area contributed by atoms with E-state index in [1.807, 2.05) is 13.8 Å².